The minimum Gasteiger partial charge on any atom is -0.343 e. The molecule has 1 aliphatic carbocycles. The second kappa shape index (κ2) is 6.17. The summed E-state index contributed by atoms with van der Waals surface area (Å²) in [6.07, 6.45) is 2.58. The summed E-state index contributed by atoms with van der Waals surface area (Å²) in [4.78, 5) is 30.1. The van der Waals surface area contributed by atoms with Gasteiger partial charge in [0.05, 0.1) is 19.0 Å². The molecule has 5 heteroatoms. The van der Waals surface area contributed by atoms with Crippen molar-refractivity contribution in [2.45, 2.75) is 43.6 Å². The van der Waals surface area contributed by atoms with E-state index in [0.717, 1.165) is 18.4 Å². The van der Waals surface area contributed by atoms with E-state index in [9.17, 15) is 9.59 Å². The van der Waals surface area contributed by atoms with E-state index in [1.54, 1.807) is 0 Å². The van der Waals surface area contributed by atoms with Crippen LogP contribution in [0.25, 0.3) is 0 Å². The number of ether oxygens (including phenoxy) is 1. The molecule has 148 valence electrons. The second-order valence-electron chi connectivity index (χ2n) is 8.74. The van der Waals surface area contributed by atoms with Crippen LogP contribution in [0.3, 0.4) is 0 Å². The summed E-state index contributed by atoms with van der Waals surface area (Å²) in [6.45, 7) is 1.25. The Hall–Kier alpha value is -2.66. The van der Waals surface area contributed by atoms with E-state index in [0.29, 0.717) is 25.9 Å². The molecule has 4 aliphatic rings. The van der Waals surface area contributed by atoms with E-state index >= 15 is 0 Å². The predicted molar refractivity (Wildman–Crippen MR) is 107 cm³/mol. The van der Waals surface area contributed by atoms with Gasteiger partial charge in [0.1, 0.15) is 6.10 Å². The van der Waals surface area contributed by atoms with Crippen molar-refractivity contribution in [3.05, 3.63) is 71.3 Å². The first-order chi connectivity index (χ1) is 14.2. The molecule has 2 aromatic rings. The zero-order valence-electron chi connectivity index (χ0n) is 16.3. The van der Waals surface area contributed by atoms with Crippen molar-refractivity contribution in [3.63, 3.8) is 0 Å². The molecule has 3 atom stereocenters. The van der Waals surface area contributed by atoms with Crippen LogP contribution < -0.4 is 0 Å². The van der Waals surface area contributed by atoms with E-state index in [1.165, 1.54) is 11.1 Å². The second-order valence-corrected chi connectivity index (χ2v) is 8.74. The molecule has 3 fully saturated rings. The molecule has 2 amide bonds. The summed E-state index contributed by atoms with van der Waals surface area (Å²) < 4.78 is 6.57. The fourth-order valence-corrected chi connectivity index (χ4v) is 5.90. The van der Waals surface area contributed by atoms with Gasteiger partial charge in [0.15, 0.2) is 5.72 Å². The van der Waals surface area contributed by atoms with E-state index in [4.69, 9.17) is 4.74 Å². The average molecular weight is 388 g/mol. The fourth-order valence-electron chi connectivity index (χ4n) is 5.90. The summed E-state index contributed by atoms with van der Waals surface area (Å²) >= 11 is 0. The molecule has 0 bridgehead atoms. The maximum atomic E-state index is 13.4. The van der Waals surface area contributed by atoms with E-state index in [2.05, 4.69) is 24.3 Å². The normalized spacial score (nSPS) is 30.6. The summed E-state index contributed by atoms with van der Waals surface area (Å²) in [6, 6.07) is 18.3. The molecule has 2 aromatic carbocycles. The van der Waals surface area contributed by atoms with Gasteiger partial charge in [-0.3, -0.25) is 9.59 Å². The van der Waals surface area contributed by atoms with E-state index in [-0.39, 0.29) is 29.9 Å². The van der Waals surface area contributed by atoms with Crippen molar-refractivity contribution in [1.82, 2.24) is 9.80 Å². The van der Waals surface area contributed by atoms with E-state index < -0.39 is 5.72 Å². The van der Waals surface area contributed by atoms with E-state index in [1.807, 2.05) is 40.1 Å². The van der Waals surface area contributed by atoms with Gasteiger partial charge in [-0.05, 0) is 29.5 Å². The summed E-state index contributed by atoms with van der Waals surface area (Å²) in [5.74, 6) is 0.281. The van der Waals surface area contributed by atoms with Crippen molar-refractivity contribution in [2.75, 3.05) is 13.1 Å². The maximum Gasteiger partial charge on any atom is 0.227 e. The molecule has 0 saturated carbocycles. The van der Waals surface area contributed by atoms with Crippen LogP contribution in [-0.2, 0) is 27.2 Å². The van der Waals surface area contributed by atoms with Gasteiger partial charge in [-0.2, -0.15) is 0 Å². The molecular formula is C24H24N2O3. The number of benzene rings is 2. The first-order valence-electron chi connectivity index (χ1n) is 10.6. The number of nitrogens with zero attached hydrogens (tertiary/aromatic N) is 2. The van der Waals surface area contributed by atoms with Crippen LogP contribution in [0, 0.1) is 5.92 Å². The Morgan fingerprint density at radius 2 is 1.66 bits per heavy atom. The Bertz CT molecular complexity index is 966. The number of hydrogen-bond donors (Lipinski definition) is 0. The Balaban J connectivity index is 1.25. The number of amides is 2. The molecule has 1 spiro atoms. The van der Waals surface area contributed by atoms with Gasteiger partial charge in [0, 0.05) is 18.9 Å². The van der Waals surface area contributed by atoms with Gasteiger partial charge in [-0.25, -0.2) is 0 Å². The smallest absolute Gasteiger partial charge is 0.227 e. The van der Waals surface area contributed by atoms with Crippen LogP contribution >= 0.6 is 0 Å². The summed E-state index contributed by atoms with van der Waals surface area (Å²) in [5.41, 5.74) is 3.02. The molecule has 3 saturated heterocycles. The Labute approximate surface area is 170 Å². The molecule has 0 unspecified atom stereocenters. The molecular weight excluding hydrogens is 364 g/mol. The molecule has 0 aromatic heterocycles. The maximum absolute atomic E-state index is 13.4. The highest BCUT2D eigenvalue weighted by molar-refractivity contribution is 5.86. The lowest BCUT2D eigenvalue weighted by Gasteiger charge is -2.32. The molecule has 5 nitrogen and oxygen atoms in total. The van der Waals surface area contributed by atoms with Crippen molar-refractivity contribution in [1.29, 1.82) is 0 Å². The molecule has 0 N–H and O–H groups in total. The molecule has 3 heterocycles. The summed E-state index contributed by atoms with van der Waals surface area (Å²) in [7, 11) is 0. The third-order valence-corrected chi connectivity index (χ3v) is 7.28. The zero-order valence-corrected chi connectivity index (χ0v) is 16.3. The SMILES string of the molecule is O=C(C1Cc2ccccc2C1)N1CC[C@@]23O[C@H](c4ccccc4)CN2C(=O)C[C@@H]13. The van der Waals surface area contributed by atoms with Crippen molar-refractivity contribution >= 4 is 11.8 Å². The number of carbonyl (C=O) groups excluding carboxylic acids is 2. The monoisotopic (exact) mass is 388 g/mol. The highest BCUT2D eigenvalue weighted by Gasteiger charge is 2.65. The number of rotatable bonds is 2. The van der Waals surface area contributed by atoms with Crippen LogP contribution in [0.5, 0.6) is 0 Å². The minimum atomic E-state index is -0.640. The number of hydrogen-bond acceptors (Lipinski definition) is 3. The summed E-state index contributed by atoms with van der Waals surface area (Å²) in [5, 5.41) is 0. The van der Waals surface area contributed by atoms with Crippen molar-refractivity contribution in [2.24, 2.45) is 5.92 Å². The first-order valence-corrected chi connectivity index (χ1v) is 10.6. The van der Waals surface area contributed by atoms with Gasteiger partial charge in [-0.15, -0.1) is 0 Å². The molecule has 3 aliphatic heterocycles. The fraction of sp³-hybridized carbons (Fsp3) is 0.417. The van der Waals surface area contributed by atoms with Gasteiger partial charge in [-0.1, -0.05) is 54.6 Å². The molecule has 29 heavy (non-hydrogen) atoms. The first kappa shape index (κ1) is 17.2. The lowest BCUT2D eigenvalue weighted by Crippen LogP contribution is -2.49. The van der Waals surface area contributed by atoms with Crippen LogP contribution in [-0.4, -0.2) is 46.5 Å². The molecule has 6 rings (SSSR count). The van der Waals surface area contributed by atoms with Crippen LogP contribution in [0.15, 0.2) is 54.6 Å². The zero-order chi connectivity index (χ0) is 19.6. The standard InChI is InChI=1S/C24H24N2O3/c27-22-14-21-24(26(22)15-20(29-24)16-6-2-1-3-7-16)10-11-25(21)23(28)19-12-17-8-4-5-9-18(17)13-19/h1-9,19-21H,10-15H2/t20-,21+,24-/m0/s1. The molecule has 0 radical (unpaired) electrons. The Morgan fingerprint density at radius 3 is 2.38 bits per heavy atom. The Morgan fingerprint density at radius 1 is 0.966 bits per heavy atom. The number of carbonyl (C=O) groups is 2. The highest BCUT2D eigenvalue weighted by atomic mass is 16.5. The van der Waals surface area contributed by atoms with Crippen LogP contribution in [0.4, 0.5) is 0 Å². The topological polar surface area (TPSA) is 49.9 Å². The largest absolute Gasteiger partial charge is 0.343 e. The number of likely N-dealkylation sites (tertiary alicyclic amines) is 1. The highest BCUT2D eigenvalue weighted by Crippen LogP contribution is 2.51. The van der Waals surface area contributed by atoms with Gasteiger partial charge >= 0.3 is 0 Å². The van der Waals surface area contributed by atoms with Crippen molar-refractivity contribution < 1.29 is 14.3 Å². The van der Waals surface area contributed by atoms with Gasteiger partial charge in [0.25, 0.3) is 0 Å². The third-order valence-electron chi connectivity index (χ3n) is 7.28. The van der Waals surface area contributed by atoms with Gasteiger partial charge in [0.2, 0.25) is 11.8 Å². The Kier molecular flexibility index (Phi) is 3.66. The third kappa shape index (κ3) is 2.43. The lowest BCUT2D eigenvalue weighted by atomic mass is 10.0. The lowest BCUT2D eigenvalue weighted by molar-refractivity contribution is -0.144. The van der Waals surface area contributed by atoms with Gasteiger partial charge < -0.3 is 14.5 Å². The average Bonchev–Trinajstić information content (AvgIpc) is 3.48. The van der Waals surface area contributed by atoms with Crippen molar-refractivity contribution in [3.8, 4) is 0 Å². The quantitative estimate of drug-likeness (QED) is 0.795. The minimum absolute atomic E-state index is 0.0157. The number of fused-ring (bicyclic) bond motifs is 1. The predicted octanol–water partition coefficient (Wildman–Crippen LogP) is 2.70. The van der Waals surface area contributed by atoms with Crippen LogP contribution in [0.2, 0.25) is 0 Å². The van der Waals surface area contributed by atoms with Crippen LogP contribution in [0.1, 0.15) is 35.6 Å².